The monoisotopic (exact) mass is 218 g/mol. The van der Waals surface area contributed by atoms with E-state index < -0.39 is 0 Å². The molecule has 2 bridgehead atoms. The second-order valence-electron chi connectivity index (χ2n) is 5.67. The van der Waals surface area contributed by atoms with Crippen molar-refractivity contribution in [3.05, 3.63) is 28.7 Å². The van der Waals surface area contributed by atoms with Crippen molar-refractivity contribution in [1.29, 1.82) is 0 Å². The first-order valence-corrected chi connectivity index (χ1v) is 5.86. The summed E-state index contributed by atoms with van der Waals surface area (Å²) >= 11 is 0. The van der Waals surface area contributed by atoms with Crippen molar-refractivity contribution in [2.45, 2.75) is 49.7 Å². The molecular weight excluding hydrogens is 204 g/mol. The highest BCUT2D eigenvalue weighted by Crippen LogP contribution is 2.73. The van der Waals surface area contributed by atoms with Crippen LogP contribution in [0.1, 0.15) is 49.7 Å². The zero-order valence-corrected chi connectivity index (χ0v) is 9.43. The molecule has 2 heterocycles. The minimum Gasteiger partial charge on any atom is -0.594 e. The van der Waals surface area contributed by atoms with Crippen LogP contribution in [0.3, 0.4) is 0 Å². The van der Waals surface area contributed by atoms with Gasteiger partial charge in [-0.25, -0.2) is 0 Å². The van der Waals surface area contributed by atoms with Crippen LogP contribution in [0.2, 0.25) is 0 Å². The summed E-state index contributed by atoms with van der Waals surface area (Å²) in [5, 5.41) is 15.1. The van der Waals surface area contributed by atoms with Crippen molar-refractivity contribution in [1.82, 2.24) is 5.10 Å². The number of ether oxygens (including phenoxy) is 1. The van der Waals surface area contributed by atoms with Crippen LogP contribution in [0.5, 0.6) is 0 Å². The van der Waals surface area contributed by atoms with Gasteiger partial charge in [-0.2, -0.15) is 0 Å². The van der Waals surface area contributed by atoms with Gasteiger partial charge in [0.15, 0.2) is 0 Å². The molecule has 16 heavy (non-hydrogen) atoms. The Hall–Kier alpha value is -1.16. The lowest BCUT2D eigenvalue weighted by molar-refractivity contribution is -0.669. The Morgan fingerprint density at radius 3 is 2.62 bits per heavy atom. The third-order valence-electron chi connectivity index (χ3n) is 4.75. The molecule has 0 aromatic carbocycles. The van der Waals surface area contributed by atoms with Crippen LogP contribution in [0.15, 0.2) is 12.4 Å². The quantitative estimate of drug-likeness (QED) is 0.374. The lowest BCUT2D eigenvalue weighted by Gasteiger charge is -2.12. The number of aromatic nitrogens is 2. The maximum atomic E-state index is 11.3. The van der Waals surface area contributed by atoms with Crippen LogP contribution >= 0.6 is 0 Å². The molecule has 1 saturated carbocycles. The van der Waals surface area contributed by atoms with Gasteiger partial charge in [0.2, 0.25) is 6.20 Å². The molecule has 84 valence electrons. The zero-order valence-electron chi connectivity index (χ0n) is 9.43. The molecule has 1 aromatic heterocycles. The average molecular weight is 218 g/mol. The van der Waals surface area contributed by atoms with E-state index in [1.165, 1.54) is 17.5 Å². The summed E-state index contributed by atoms with van der Waals surface area (Å²) in [5.74, 6) is 0.863. The standard InChI is InChI=1S/C12H14N2O2/c1-11(2)12(16-11)9-3-4-10(12)8-6-14(15)13-5-7(8)9/h5-6,9-10H,3-4H2,1-2H3. The summed E-state index contributed by atoms with van der Waals surface area (Å²) < 4.78 is 6.02. The van der Waals surface area contributed by atoms with E-state index in [4.69, 9.17) is 4.74 Å². The fraction of sp³-hybridized carbons (Fsp3) is 0.667. The first-order chi connectivity index (χ1) is 7.56. The largest absolute Gasteiger partial charge is 0.594 e. The third kappa shape index (κ3) is 0.725. The summed E-state index contributed by atoms with van der Waals surface area (Å²) in [6.07, 6.45) is 5.70. The van der Waals surface area contributed by atoms with E-state index in [2.05, 4.69) is 18.9 Å². The minimum absolute atomic E-state index is 0.0225. The van der Waals surface area contributed by atoms with Crippen LogP contribution < -0.4 is 4.85 Å². The zero-order chi connectivity index (χ0) is 11.1. The predicted octanol–water partition coefficient (Wildman–Crippen LogP) is 1.24. The summed E-state index contributed by atoms with van der Waals surface area (Å²) in [6, 6.07) is 0. The Morgan fingerprint density at radius 1 is 1.38 bits per heavy atom. The van der Waals surface area contributed by atoms with Gasteiger partial charge >= 0.3 is 0 Å². The smallest absolute Gasteiger partial charge is 0.213 e. The number of epoxide rings is 1. The second kappa shape index (κ2) is 2.25. The Morgan fingerprint density at radius 2 is 2.00 bits per heavy atom. The average Bonchev–Trinajstić information content (AvgIpc) is 2.53. The Labute approximate surface area is 93.8 Å². The van der Waals surface area contributed by atoms with Gasteiger partial charge in [0.1, 0.15) is 5.60 Å². The van der Waals surface area contributed by atoms with E-state index in [9.17, 15) is 5.21 Å². The molecule has 2 aliphatic carbocycles. The molecule has 0 radical (unpaired) electrons. The first kappa shape index (κ1) is 8.93. The molecule has 0 amide bonds. The highest BCUT2D eigenvalue weighted by Gasteiger charge is 2.77. The van der Waals surface area contributed by atoms with Crippen molar-refractivity contribution in [3.8, 4) is 0 Å². The highest BCUT2D eigenvalue weighted by atomic mass is 16.6. The Kier molecular flexibility index (Phi) is 1.26. The van der Waals surface area contributed by atoms with E-state index >= 15 is 0 Å². The summed E-state index contributed by atoms with van der Waals surface area (Å²) in [4.78, 5) is 0.669. The Bertz CT molecular complexity index is 500. The maximum absolute atomic E-state index is 11.3. The van der Waals surface area contributed by atoms with Crippen molar-refractivity contribution in [3.63, 3.8) is 0 Å². The number of rotatable bonds is 0. The molecular formula is C12H14N2O2. The minimum atomic E-state index is -0.0361. The van der Waals surface area contributed by atoms with Crippen molar-refractivity contribution < 1.29 is 9.58 Å². The normalized spacial score (nSPS) is 41.4. The van der Waals surface area contributed by atoms with Gasteiger partial charge < -0.3 is 9.94 Å². The lowest BCUT2D eigenvalue weighted by Crippen LogP contribution is -2.31. The van der Waals surface area contributed by atoms with E-state index in [1.807, 2.05) is 0 Å². The van der Waals surface area contributed by atoms with Gasteiger partial charge in [0, 0.05) is 22.5 Å². The highest BCUT2D eigenvalue weighted by molar-refractivity contribution is 5.49. The molecule has 4 rings (SSSR count). The number of nitrogens with zero attached hydrogens (tertiary/aromatic N) is 2. The summed E-state index contributed by atoms with van der Waals surface area (Å²) in [7, 11) is 0. The van der Waals surface area contributed by atoms with Gasteiger partial charge in [-0.05, 0) is 32.3 Å². The predicted molar refractivity (Wildman–Crippen MR) is 55.8 cm³/mol. The molecule has 1 saturated heterocycles. The molecule has 3 atom stereocenters. The third-order valence-corrected chi connectivity index (χ3v) is 4.75. The second-order valence-corrected chi connectivity index (χ2v) is 5.67. The first-order valence-electron chi connectivity index (χ1n) is 5.86. The van der Waals surface area contributed by atoms with Crippen LogP contribution in [0, 0.1) is 5.21 Å². The molecule has 2 fully saturated rings. The topological polar surface area (TPSA) is 52.4 Å². The molecule has 3 aliphatic rings. The van der Waals surface area contributed by atoms with Crippen molar-refractivity contribution in [2.24, 2.45) is 0 Å². The molecule has 1 aliphatic heterocycles. The van der Waals surface area contributed by atoms with Gasteiger partial charge in [-0.3, -0.25) is 0 Å². The van der Waals surface area contributed by atoms with Gasteiger partial charge in [0.05, 0.1) is 11.8 Å². The van der Waals surface area contributed by atoms with Crippen LogP contribution in [0.25, 0.3) is 0 Å². The molecule has 1 spiro atoms. The lowest BCUT2D eigenvalue weighted by atomic mass is 9.85. The van der Waals surface area contributed by atoms with E-state index in [0.29, 0.717) is 16.7 Å². The maximum Gasteiger partial charge on any atom is 0.213 e. The van der Waals surface area contributed by atoms with E-state index in [0.717, 1.165) is 6.42 Å². The Balaban J connectivity index is 1.92. The summed E-state index contributed by atoms with van der Waals surface area (Å²) in [6.45, 7) is 4.31. The SMILES string of the molecule is CC1(C)OC12C1CCC2c2c[n+]([O-])ncc21. The summed E-state index contributed by atoms with van der Waals surface area (Å²) in [5.41, 5.74) is 2.36. The van der Waals surface area contributed by atoms with Gasteiger partial charge in [0.25, 0.3) is 0 Å². The fourth-order valence-electron chi connectivity index (χ4n) is 4.16. The van der Waals surface area contributed by atoms with Crippen LogP contribution in [-0.4, -0.2) is 16.3 Å². The van der Waals surface area contributed by atoms with Gasteiger partial charge in [-0.15, -0.1) is 0 Å². The van der Waals surface area contributed by atoms with Crippen LogP contribution in [0.4, 0.5) is 0 Å². The molecule has 1 aromatic rings. The molecule has 3 unspecified atom stereocenters. The van der Waals surface area contributed by atoms with Crippen molar-refractivity contribution >= 4 is 0 Å². The van der Waals surface area contributed by atoms with E-state index in [-0.39, 0.29) is 11.2 Å². The number of hydrogen-bond acceptors (Lipinski definition) is 3. The van der Waals surface area contributed by atoms with E-state index in [1.54, 1.807) is 12.4 Å². The molecule has 0 N–H and O–H groups in total. The number of hydrogen-bond donors (Lipinski definition) is 0. The molecule has 4 heteroatoms. The number of fused-ring (bicyclic) bond motifs is 3. The molecule has 4 nitrogen and oxygen atoms in total. The van der Waals surface area contributed by atoms with Crippen molar-refractivity contribution in [2.75, 3.05) is 0 Å². The fourth-order valence-corrected chi connectivity index (χ4v) is 4.16. The van der Waals surface area contributed by atoms with Gasteiger partial charge in [-0.1, -0.05) is 4.85 Å². The van der Waals surface area contributed by atoms with Crippen LogP contribution in [-0.2, 0) is 4.74 Å².